The molecule has 0 unspecified atom stereocenters. The van der Waals surface area contributed by atoms with E-state index in [1.807, 2.05) is 6.07 Å². The molecule has 0 saturated heterocycles. The topological polar surface area (TPSA) is 88.4 Å². The molecule has 0 aliphatic rings. The van der Waals surface area contributed by atoms with Gasteiger partial charge in [-0.15, -0.1) is 0 Å². The van der Waals surface area contributed by atoms with E-state index < -0.39 is 11.9 Å². The number of nitriles is 1. The predicted octanol–water partition coefficient (Wildman–Crippen LogP) is 4.83. The van der Waals surface area contributed by atoms with Gasteiger partial charge in [-0.2, -0.15) is 5.26 Å². The van der Waals surface area contributed by atoms with E-state index in [2.05, 4.69) is 21.2 Å². The molecule has 0 aliphatic carbocycles. The van der Waals surface area contributed by atoms with Crippen LogP contribution in [0.1, 0.15) is 22.8 Å². The smallest absolute Gasteiger partial charge is 0.338 e. The number of hydrogen-bond donors (Lipinski definition) is 1. The Morgan fingerprint density at radius 3 is 2.54 bits per heavy atom. The molecule has 0 aromatic heterocycles. The standard InChI is InChI=1S/C20H16BrClN2O4/c1-3-28-20(26)12-4-6-16(7-5-12)24-19(25)14(11-23)8-13-9-15(22)10-17(21)18(13)27-2/h4-10H,3H2,1-2H3,(H,24,25)/b14-8+. The maximum atomic E-state index is 12.5. The summed E-state index contributed by atoms with van der Waals surface area (Å²) in [5, 5.41) is 12.4. The molecule has 6 nitrogen and oxygen atoms in total. The molecular formula is C20H16BrClN2O4. The Balaban J connectivity index is 2.24. The van der Waals surface area contributed by atoms with Crippen molar-refractivity contribution in [2.45, 2.75) is 6.92 Å². The van der Waals surface area contributed by atoms with E-state index in [-0.39, 0.29) is 12.2 Å². The lowest BCUT2D eigenvalue weighted by Crippen LogP contribution is -2.13. The van der Waals surface area contributed by atoms with Gasteiger partial charge < -0.3 is 14.8 Å². The summed E-state index contributed by atoms with van der Waals surface area (Å²) in [6.45, 7) is 1.99. The first-order chi connectivity index (χ1) is 13.4. The molecule has 1 amide bonds. The van der Waals surface area contributed by atoms with Crippen molar-refractivity contribution in [1.82, 2.24) is 0 Å². The van der Waals surface area contributed by atoms with Crippen molar-refractivity contribution in [1.29, 1.82) is 5.26 Å². The van der Waals surface area contributed by atoms with Crippen molar-refractivity contribution in [2.24, 2.45) is 0 Å². The first kappa shape index (κ1) is 21.5. The molecule has 1 N–H and O–H groups in total. The van der Waals surface area contributed by atoms with Crippen molar-refractivity contribution in [3.63, 3.8) is 0 Å². The van der Waals surface area contributed by atoms with E-state index in [1.165, 1.54) is 25.3 Å². The number of nitrogens with zero attached hydrogens (tertiary/aromatic N) is 1. The minimum Gasteiger partial charge on any atom is -0.495 e. The van der Waals surface area contributed by atoms with Crippen LogP contribution in [0.5, 0.6) is 5.75 Å². The maximum Gasteiger partial charge on any atom is 0.338 e. The molecule has 0 bridgehead atoms. The van der Waals surface area contributed by atoms with E-state index in [0.717, 1.165) is 0 Å². The SMILES string of the molecule is CCOC(=O)c1ccc(NC(=O)/C(C#N)=C/c2cc(Cl)cc(Br)c2OC)cc1. The second-order valence-corrected chi connectivity index (χ2v) is 6.72. The minimum absolute atomic E-state index is 0.137. The van der Waals surface area contributed by atoms with Crippen molar-refractivity contribution in [2.75, 3.05) is 19.0 Å². The maximum absolute atomic E-state index is 12.5. The molecule has 2 aromatic carbocycles. The molecule has 2 rings (SSSR count). The number of amides is 1. The van der Waals surface area contributed by atoms with Gasteiger partial charge in [0.2, 0.25) is 0 Å². The zero-order chi connectivity index (χ0) is 20.7. The van der Waals surface area contributed by atoms with Gasteiger partial charge in [0.05, 0.1) is 23.8 Å². The molecule has 2 aromatic rings. The lowest BCUT2D eigenvalue weighted by Gasteiger charge is -2.09. The third-order valence-corrected chi connectivity index (χ3v) is 4.37. The number of carbonyl (C=O) groups is 2. The van der Waals surface area contributed by atoms with Crippen LogP contribution in [0, 0.1) is 11.3 Å². The molecule has 144 valence electrons. The number of rotatable bonds is 6. The second kappa shape index (κ2) is 9.93. The first-order valence-corrected chi connectivity index (χ1v) is 9.30. The summed E-state index contributed by atoms with van der Waals surface area (Å²) in [6.07, 6.45) is 1.39. The number of benzene rings is 2. The molecule has 0 fully saturated rings. The quantitative estimate of drug-likeness (QED) is 0.376. The fourth-order valence-electron chi connectivity index (χ4n) is 2.31. The minimum atomic E-state index is -0.607. The van der Waals surface area contributed by atoms with Gasteiger partial charge in [0.25, 0.3) is 5.91 Å². The van der Waals surface area contributed by atoms with Gasteiger partial charge in [0.15, 0.2) is 0 Å². The lowest BCUT2D eigenvalue weighted by molar-refractivity contribution is -0.112. The summed E-state index contributed by atoms with van der Waals surface area (Å²) < 4.78 is 10.8. The summed E-state index contributed by atoms with van der Waals surface area (Å²) >= 11 is 9.37. The van der Waals surface area contributed by atoms with Crippen LogP contribution in [0.3, 0.4) is 0 Å². The number of anilines is 1. The largest absolute Gasteiger partial charge is 0.495 e. The van der Waals surface area contributed by atoms with Crippen molar-refractivity contribution < 1.29 is 19.1 Å². The van der Waals surface area contributed by atoms with Crippen molar-refractivity contribution in [3.05, 3.63) is 62.6 Å². The third kappa shape index (κ3) is 5.35. The van der Waals surface area contributed by atoms with Crippen LogP contribution in [0.2, 0.25) is 5.02 Å². The fraction of sp³-hybridized carbons (Fsp3) is 0.150. The summed E-state index contributed by atoms with van der Waals surface area (Å²) in [6, 6.07) is 11.3. The monoisotopic (exact) mass is 462 g/mol. The number of carbonyl (C=O) groups excluding carboxylic acids is 2. The Morgan fingerprint density at radius 2 is 1.96 bits per heavy atom. The fourth-order valence-corrected chi connectivity index (χ4v) is 3.31. The zero-order valence-corrected chi connectivity index (χ0v) is 17.4. The number of halogens is 2. The Morgan fingerprint density at radius 1 is 1.29 bits per heavy atom. The molecular weight excluding hydrogens is 448 g/mol. The normalized spacial score (nSPS) is 10.8. The lowest BCUT2D eigenvalue weighted by atomic mass is 10.1. The average Bonchev–Trinajstić information content (AvgIpc) is 2.66. The van der Waals surface area contributed by atoms with E-state index in [9.17, 15) is 14.9 Å². The van der Waals surface area contributed by atoms with Crippen molar-refractivity contribution >= 4 is 51.2 Å². The molecule has 0 radical (unpaired) electrons. The van der Waals surface area contributed by atoms with Gasteiger partial charge in [-0.1, -0.05) is 11.6 Å². The Hall–Kier alpha value is -2.82. The average molecular weight is 464 g/mol. The highest BCUT2D eigenvalue weighted by molar-refractivity contribution is 9.10. The van der Waals surface area contributed by atoms with E-state index in [0.29, 0.717) is 32.1 Å². The molecule has 0 atom stereocenters. The van der Waals surface area contributed by atoms with Gasteiger partial charge in [-0.25, -0.2) is 4.79 Å². The Kier molecular flexibility index (Phi) is 7.61. The molecule has 0 aliphatic heterocycles. The first-order valence-electron chi connectivity index (χ1n) is 8.13. The Labute approximate surface area is 175 Å². The van der Waals surface area contributed by atoms with Gasteiger partial charge in [0, 0.05) is 16.3 Å². The van der Waals surface area contributed by atoms with E-state index >= 15 is 0 Å². The summed E-state index contributed by atoms with van der Waals surface area (Å²) in [5.74, 6) is -0.607. The van der Waals surface area contributed by atoms with Gasteiger partial charge in [-0.3, -0.25) is 4.79 Å². The van der Waals surface area contributed by atoms with Crippen LogP contribution in [0.4, 0.5) is 5.69 Å². The number of nitrogens with one attached hydrogen (secondary N) is 1. The van der Waals surface area contributed by atoms with Crippen LogP contribution in [0.25, 0.3) is 6.08 Å². The highest BCUT2D eigenvalue weighted by Crippen LogP contribution is 2.34. The molecule has 28 heavy (non-hydrogen) atoms. The van der Waals surface area contributed by atoms with Crippen LogP contribution in [-0.2, 0) is 9.53 Å². The highest BCUT2D eigenvalue weighted by Gasteiger charge is 2.14. The highest BCUT2D eigenvalue weighted by atomic mass is 79.9. The second-order valence-electron chi connectivity index (χ2n) is 5.43. The van der Waals surface area contributed by atoms with E-state index in [1.54, 1.807) is 31.2 Å². The van der Waals surface area contributed by atoms with Gasteiger partial charge in [0.1, 0.15) is 17.4 Å². The zero-order valence-electron chi connectivity index (χ0n) is 15.1. The van der Waals surface area contributed by atoms with Gasteiger partial charge >= 0.3 is 5.97 Å². The summed E-state index contributed by atoms with van der Waals surface area (Å²) in [7, 11) is 1.47. The van der Waals surface area contributed by atoms with Crippen LogP contribution < -0.4 is 10.1 Å². The Bertz CT molecular complexity index is 965. The van der Waals surface area contributed by atoms with Crippen molar-refractivity contribution in [3.8, 4) is 11.8 Å². The van der Waals surface area contributed by atoms with Crippen LogP contribution >= 0.6 is 27.5 Å². The molecule has 0 heterocycles. The number of methoxy groups -OCH3 is 1. The summed E-state index contributed by atoms with van der Waals surface area (Å²) in [4.78, 5) is 24.1. The third-order valence-electron chi connectivity index (χ3n) is 3.56. The summed E-state index contributed by atoms with van der Waals surface area (Å²) in [5.41, 5.74) is 1.14. The van der Waals surface area contributed by atoms with Gasteiger partial charge in [-0.05, 0) is 65.3 Å². The van der Waals surface area contributed by atoms with E-state index in [4.69, 9.17) is 21.1 Å². The number of ether oxygens (including phenoxy) is 2. The molecule has 0 saturated carbocycles. The molecule has 8 heteroatoms. The van der Waals surface area contributed by atoms with Crippen LogP contribution in [-0.4, -0.2) is 25.6 Å². The predicted molar refractivity (Wildman–Crippen MR) is 110 cm³/mol. The number of hydrogen-bond acceptors (Lipinski definition) is 5. The molecule has 0 spiro atoms. The van der Waals surface area contributed by atoms with Crippen LogP contribution in [0.15, 0.2) is 46.4 Å². The number of esters is 1.